The van der Waals surface area contributed by atoms with Gasteiger partial charge in [0.1, 0.15) is 6.10 Å². The predicted molar refractivity (Wildman–Crippen MR) is 57.2 cm³/mol. The van der Waals surface area contributed by atoms with Crippen molar-refractivity contribution in [3.05, 3.63) is 0 Å². The summed E-state index contributed by atoms with van der Waals surface area (Å²) in [5.41, 5.74) is 0.357. The first kappa shape index (κ1) is 9.68. The molecule has 0 spiro atoms. The molecule has 0 amide bonds. The van der Waals surface area contributed by atoms with Gasteiger partial charge in [-0.1, -0.05) is 6.92 Å². The minimum Gasteiger partial charge on any atom is -0.464 e. The van der Waals surface area contributed by atoms with Crippen LogP contribution in [-0.4, -0.2) is 12.6 Å². The van der Waals surface area contributed by atoms with E-state index in [-0.39, 0.29) is 6.10 Å². The molecule has 0 aromatic rings. The van der Waals surface area contributed by atoms with Gasteiger partial charge in [-0.15, -0.1) is 0 Å². The van der Waals surface area contributed by atoms with E-state index in [1.165, 1.54) is 38.5 Å². The molecule has 84 valence electrons. The van der Waals surface area contributed by atoms with E-state index in [1.54, 1.807) is 0 Å². The summed E-state index contributed by atoms with van der Waals surface area (Å²) in [5, 5.41) is 0. The molecule has 0 saturated heterocycles. The average molecular weight is 208 g/mol. The van der Waals surface area contributed by atoms with Crippen molar-refractivity contribution >= 4 is 6.47 Å². The highest BCUT2D eigenvalue weighted by Crippen LogP contribution is 2.62. The molecule has 0 aromatic carbocycles. The Morgan fingerprint density at radius 1 is 1.27 bits per heavy atom. The van der Waals surface area contributed by atoms with Crippen molar-refractivity contribution in [1.82, 2.24) is 0 Å². The van der Waals surface area contributed by atoms with Crippen LogP contribution in [0.1, 0.15) is 45.4 Å². The highest BCUT2D eigenvalue weighted by Gasteiger charge is 2.57. The molecule has 0 N–H and O–H groups in total. The maximum Gasteiger partial charge on any atom is 0.293 e. The van der Waals surface area contributed by atoms with Gasteiger partial charge in [0, 0.05) is 5.41 Å². The molecule has 4 aliphatic carbocycles. The van der Waals surface area contributed by atoms with E-state index in [0.29, 0.717) is 17.8 Å². The maximum absolute atomic E-state index is 10.6. The molecule has 0 radical (unpaired) electrons. The van der Waals surface area contributed by atoms with Gasteiger partial charge in [-0.3, -0.25) is 4.79 Å². The maximum atomic E-state index is 10.6. The first-order valence-electron chi connectivity index (χ1n) is 6.36. The molecular weight excluding hydrogens is 188 g/mol. The second-order valence-corrected chi connectivity index (χ2v) is 5.98. The van der Waals surface area contributed by atoms with Gasteiger partial charge >= 0.3 is 0 Å². The minimum absolute atomic E-state index is 0.243. The van der Waals surface area contributed by atoms with Crippen LogP contribution in [0.2, 0.25) is 0 Å². The topological polar surface area (TPSA) is 26.3 Å². The van der Waals surface area contributed by atoms with E-state index in [1.807, 2.05) is 0 Å². The van der Waals surface area contributed by atoms with Gasteiger partial charge < -0.3 is 4.74 Å². The first-order valence-corrected chi connectivity index (χ1v) is 6.36. The molecule has 0 aromatic heterocycles. The Morgan fingerprint density at radius 2 is 1.93 bits per heavy atom. The molecule has 3 unspecified atom stereocenters. The molecule has 0 heterocycles. The fourth-order valence-corrected chi connectivity index (χ4v) is 4.97. The standard InChI is InChI=1S/C13H20O2/c1-2-13-6-9-3-10(7-13)5-11(4-9)12(13)15-8-14/h8-12H,2-7H2,1H3. The van der Waals surface area contributed by atoms with E-state index in [2.05, 4.69) is 6.92 Å². The minimum atomic E-state index is 0.243. The summed E-state index contributed by atoms with van der Waals surface area (Å²) in [5.74, 6) is 2.56. The van der Waals surface area contributed by atoms with Crippen LogP contribution >= 0.6 is 0 Å². The molecular formula is C13H20O2. The Hall–Kier alpha value is -0.530. The molecule has 4 aliphatic rings. The van der Waals surface area contributed by atoms with Crippen LogP contribution in [0.15, 0.2) is 0 Å². The van der Waals surface area contributed by atoms with Crippen molar-refractivity contribution in [2.24, 2.45) is 23.2 Å². The first-order chi connectivity index (χ1) is 7.27. The number of hydrogen-bond acceptors (Lipinski definition) is 2. The van der Waals surface area contributed by atoms with Crippen LogP contribution in [0.25, 0.3) is 0 Å². The van der Waals surface area contributed by atoms with Crippen LogP contribution in [0.4, 0.5) is 0 Å². The highest BCUT2D eigenvalue weighted by molar-refractivity contribution is 5.38. The number of carbonyl (C=O) groups excluding carboxylic acids is 1. The largest absolute Gasteiger partial charge is 0.464 e. The lowest BCUT2D eigenvalue weighted by molar-refractivity contribution is -0.183. The molecule has 15 heavy (non-hydrogen) atoms. The lowest BCUT2D eigenvalue weighted by Crippen LogP contribution is -2.56. The SMILES string of the molecule is CCC12CC3CC(CC(C3)C1OC=O)C2. The van der Waals surface area contributed by atoms with Crippen LogP contribution in [0, 0.1) is 23.2 Å². The number of ether oxygens (including phenoxy) is 1. The fourth-order valence-electron chi connectivity index (χ4n) is 4.97. The molecule has 4 bridgehead atoms. The van der Waals surface area contributed by atoms with Crippen molar-refractivity contribution in [3.8, 4) is 0 Å². The lowest BCUT2D eigenvalue weighted by Gasteiger charge is -2.60. The van der Waals surface area contributed by atoms with Crippen molar-refractivity contribution in [1.29, 1.82) is 0 Å². The molecule has 2 nitrogen and oxygen atoms in total. The molecule has 4 rings (SSSR count). The van der Waals surface area contributed by atoms with Gasteiger partial charge in [-0.25, -0.2) is 0 Å². The molecule has 2 heteroatoms. The van der Waals surface area contributed by atoms with Gasteiger partial charge in [0.2, 0.25) is 0 Å². The Morgan fingerprint density at radius 3 is 2.47 bits per heavy atom. The molecule has 4 saturated carbocycles. The van der Waals surface area contributed by atoms with Crippen molar-refractivity contribution in [3.63, 3.8) is 0 Å². The third kappa shape index (κ3) is 1.26. The smallest absolute Gasteiger partial charge is 0.293 e. The van der Waals surface area contributed by atoms with E-state index < -0.39 is 0 Å². The summed E-state index contributed by atoms with van der Waals surface area (Å²) in [6.45, 7) is 2.96. The van der Waals surface area contributed by atoms with Gasteiger partial charge in [-0.05, 0) is 56.3 Å². The number of rotatable bonds is 3. The van der Waals surface area contributed by atoms with Crippen LogP contribution < -0.4 is 0 Å². The van der Waals surface area contributed by atoms with E-state index in [9.17, 15) is 4.79 Å². The third-order valence-corrected chi connectivity index (χ3v) is 5.27. The quantitative estimate of drug-likeness (QED) is 0.667. The number of carbonyl (C=O) groups is 1. The second-order valence-electron chi connectivity index (χ2n) is 5.98. The van der Waals surface area contributed by atoms with Crippen LogP contribution in [-0.2, 0) is 9.53 Å². The van der Waals surface area contributed by atoms with E-state index >= 15 is 0 Å². The van der Waals surface area contributed by atoms with Gasteiger partial charge in [-0.2, -0.15) is 0 Å². The molecule has 3 atom stereocenters. The second kappa shape index (κ2) is 3.23. The van der Waals surface area contributed by atoms with Gasteiger partial charge in [0.15, 0.2) is 0 Å². The van der Waals surface area contributed by atoms with Crippen molar-refractivity contribution in [2.45, 2.75) is 51.6 Å². The number of hydrogen-bond donors (Lipinski definition) is 0. The summed E-state index contributed by atoms with van der Waals surface area (Å²) >= 11 is 0. The zero-order valence-corrected chi connectivity index (χ0v) is 9.45. The monoisotopic (exact) mass is 208 g/mol. The summed E-state index contributed by atoms with van der Waals surface area (Å²) in [4.78, 5) is 10.6. The van der Waals surface area contributed by atoms with Gasteiger partial charge in [0.05, 0.1) is 0 Å². The molecule has 0 aliphatic heterocycles. The van der Waals surface area contributed by atoms with Crippen LogP contribution in [0.3, 0.4) is 0 Å². The Bertz CT molecular complexity index is 260. The normalized spacial score (nSPS) is 51.8. The summed E-state index contributed by atoms with van der Waals surface area (Å²) in [7, 11) is 0. The fraction of sp³-hybridized carbons (Fsp3) is 0.923. The Kier molecular flexibility index (Phi) is 2.08. The highest BCUT2D eigenvalue weighted by atomic mass is 16.5. The molecule has 4 fully saturated rings. The zero-order valence-electron chi connectivity index (χ0n) is 9.45. The summed E-state index contributed by atoms with van der Waals surface area (Å²) in [6, 6.07) is 0. The summed E-state index contributed by atoms with van der Waals surface area (Å²) < 4.78 is 5.43. The van der Waals surface area contributed by atoms with E-state index in [4.69, 9.17) is 4.74 Å². The Balaban J connectivity index is 1.91. The summed E-state index contributed by atoms with van der Waals surface area (Å²) in [6.07, 6.45) is 8.14. The van der Waals surface area contributed by atoms with Crippen molar-refractivity contribution in [2.75, 3.05) is 0 Å². The Labute approximate surface area is 91.4 Å². The zero-order chi connectivity index (χ0) is 10.5. The third-order valence-electron chi connectivity index (χ3n) is 5.27. The average Bonchev–Trinajstić information content (AvgIpc) is 2.22. The lowest BCUT2D eigenvalue weighted by atomic mass is 9.47. The van der Waals surface area contributed by atoms with Crippen LogP contribution in [0.5, 0.6) is 0 Å². The van der Waals surface area contributed by atoms with E-state index in [0.717, 1.165) is 11.8 Å². The van der Waals surface area contributed by atoms with Gasteiger partial charge in [0.25, 0.3) is 6.47 Å². The predicted octanol–water partition coefficient (Wildman–Crippen LogP) is 2.76. The van der Waals surface area contributed by atoms with Crippen molar-refractivity contribution < 1.29 is 9.53 Å².